The molecular weight excluding hydrogens is 354 g/mol. The molecule has 0 bridgehead atoms. The van der Waals surface area contributed by atoms with E-state index in [1.54, 1.807) is 12.1 Å². The number of thiocarbonyl (C=S) groups is 1. The van der Waals surface area contributed by atoms with Crippen LogP contribution in [-0.4, -0.2) is 20.6 Å². The van der Waals surface area contributed by atoms with Crippen molar-refractivity contribution in [3.8, 4) is 0 Å². The van der Waals surface area contributed by atoms with Crippen LogP contribution in [0.5, 0.6) is 0 Å². The van der Waals surface area contributed by atoms with Crippen molar-refractivity contribution in [2.24, 2.45) is 0 Å². The highest BCUT2D eigenvalue weighted by molar-refractivity contribution is 7.89. The molecule has 2 aromatic rings. The standard InChI is InChI=1S/C15H16ClN3O2S2/c1-17-23(20,21)14-8-6-13(7-9-14)19-15(22)18-10-11-2-4-12(16)5-3-11/h2-9,17H,10H2,1H3,(H2,18,19,22). The number of benzene rings is 2. The largest absolute Gasteiger partial charge is 0.358 e. The summed E-state index contributed by atoms with van der Waals surface area (Å²) in [5, 5.41) is 7.20. The first kappa shape index (κ1) is 17.7. The number of hydrogen-bond donors (Lipinski definition) is 3. The fourth-order valence-electron chi connectivity index (χ4n) is 1.80. The van der Waals surface area contributed by atoms with Gasteiger partial charge in [-0.2, -0.15) is 0 Å². The summed E-state index contributed by atoms with van der Waals surface area (Å²) in [5.41, 5.74) is 1.75. The Labute approximate surface area is 146 Å². The molecule has 122 valence electrons. The predicted octanol–water partition coefficient (Wildman–Crippen LogP) is 2.73. The summed E-state index contributed by atoms with van der Waals surface area (Å²) in [6, 6.07) is 13.8. The molecule has 0 spiro atoms. The Kier molecular flexibility index (Phi) is 5.95. The van der Waals surface area contributed by atoms with Gasteiger partial charge in [0.1, 0.15) is 0 Å². The van der Waals surface area contributed by atoms with Gasteiger partial charge in [0.2, 0.25) is 10.0 Å². The van der Waals surface area contributed by atoms with Crippen molar-refractivity contribution in [2.45, 2.75) is 11.4 Å². The number of sulfonamides is 1. The molecule has 0 atom stereocenters. The summed E-state index contributed by atoms with van der Waals surface area (Å²) in [6.07, 6.45) is 0. The maximum atomic E-state index is 11.6. The molecule has 0 heterocycles. The number of hydrogen-bond acceptors (Lipinski definition) is 3. The summed E-state index contributed by atoms with van der Waals surface area (Å²) in [5.74, 6) is 0. The topological polar surface area (TPSA) is 70.2 Å². The quantitative estimate of drug-likeness (QED) is 0.707. The monoisotopic (exact) mass is 369 g/mol. The molecule has 8 heteroatoms. The lowest BCUT2D eigenvalue weighted by atomic mass is 10.2. The molecule has 0 aromatic heterocycles. The summed E-state index contributed by atoms with van der Waals surface area (Å²) in [4.78, 5) is 0.200. The lowest BCUT2D eigenvalue weighted by Gasteiger charge is -2.11. The van der Waals surface area contributed by atoms with Crippen LogP contribution in [0, 0.1) is 0 Å². The molecule has 2 aromatic carbocycles. The predicted molar refractivity (Wildman–Crippen MR) is 97.2 cm³/mol. The second-order valence-electron chi connectivity index (χ2n) is 4.67. The van der Waals surface area contributed by atoms with E-state index in [9.17, 15) is 8.42 Å². The van der Waals surface area contributed by atoms with Crippen LogP contribution in [0.15, 0.2) is 53.4 Å². The zero-order valence-corrected chi connectivity index (χ0v) is 14.7. The first-order valence-electron chi connectivity index (χ1n) is 6.73. The van der Waals surface area contributed by atoms with Gasteiger partial charge in [-0.25, -0.2) is 13.1 Å². The van der Waals surface area contributed by atoms with Crippen LogP contribution in [0.2, 0.25) is 5.02 Å². The average Bonchev–Trinajstić information content (AvgIpc) is 2.55. The molecule has 0 saturated heterocycles. The maximum absolute atomic E-state index is 11.6. The molecule has 0 fully saturated rings. The fourth-order valence-corrected chi connectivity index (χ4v) is 2.84. The maximum Gasteiger partial charge on any atom is 0.240 e. The molecule has 5 nitrogen and oxygen atoms in total. The van der Waals surface area contributed by atoms with E-state index in [1.165, 1.54) is 19.2 Å². The van der Waals surface area contributed by atoms with Crippen molar-refractivity contribution in [1.29, 1.82) is 0 Å². The van der Waals surface area contributed by atoms with Crippen LogP contribution < -0.4 is 15.4 Å². The first-order valence-corrected chi connectivity index (χ1v) is 9.00. The van der Waals surface area contributed by atoms with Crippen molar-refractivity contribution in [1.82, 2.24) is 10.0 Å². The fraction of sp³-hybridized carbons (Fsp3) is 0.133. The summed E-state index contributed by atoms with van der Waals surface area (Å²) >= 11 is 11.0. The second-order valence-corrected chi connectivity index (χ2v) is 7.40. The Bertz CT molecular complexity index is 775. The van der Waals surface area contributed by atoms with Gasteiger partial charge in [0.25, 0.3) is 0 Å². The lowest BCUT2D eigenvalue weighted by molar-refractivity contribution is 0.588. The van der Waals surface area contributed by atoms with E-state index in [0.29, 0.717) is 22.4 Å². The van der Waals surface area contributed by atoms with Crippen molar-refractivity contribution in [2.75, 3.05) is 12.4 Å². The van der Waals surface area contributed by atoms with Gasteiger partial charge in [0.15, 0.2) is 5.11 Å². The van der Waals surface area contributed by atoms with Crippen LogP contribution in [0.3, 0.4) is 0 Å². The molecule has 0 amide bonds. The molecule has 0 radical (unpaired) electrons. The zero-order valence-electron chi connectivity index (χ0n) is 12.3. The number of halogens is 1. The van der Waals surface area contributed by atoms with Gasteiger partial charge in [-0.05, 0) is 61.2 Å². The SMILES string of the molecule is CNS(=O)(=O)c1ccc(NC(=S)NCc2ccc(Cl)cc2)cc1. The van der Waals surface area contributed by atoms with Crippen molar-refractivity contribution in [3.05, 3.63) is 59.1 Å². The molecule has 3 N–H and O–H groups in total. The number of rotatable bonds is 5. The van der Waals surface area contributed by atoms with Gasteiger partial charge in [-0.3, -0.25) is 0 Å². The van der Waals surface area contributed by atoms with Crippen LogP contribution in [0.25, 0.3) is 0 Å². The smallest absolute Gasteiger partial charge is 0.240 e. The third-order valence-corrected chi connectivity index (χ3v) is 4.99. The zero-order chi connectivity index (χ0) is 16.9. The molecule has 0 saturated carbocycles. The molecule has 0 unspecified atom stereocenters. The van der Waals surface area contributed by atoms with Gasteiger partial charge in [0, 0.05) is 17.3 Å². The molecule has 2 rings (SSSR count). The van der Waals surface area contributed by atoms with E-state index in [4.69, 9.17) is 23.8 Å². The Balaban J connectivity index is 1.91. The molecule has 0 aliphatic rings. The lowest BCUT2D eigenvalue weighted by Crippen LogP contribution is -2.27. The Morgan fingerprint density at radius 2 is 1.70 bits per heavy atom. The van der Waals surface area contributed by atoms with Crippen molar-refractivity contribution < 1.29 is 8.42 Å². The first-order chi connectivity index (χ1) is 10.9. The van der Waals surface area contributed by atoms with Crippen LogP contribution in [-0.2, 0) is 16.6 Å². The minimum atomic E-state index is -3.43. The third-order valence-electron chi connectivity index (χ3n) is 3.06. The number of nitrogens with one attached hydrogen (secondary N) is 3. The van der Waals surface area contributed by atoms with Gasteiger partial charge in [-0.1, -0.05) is 23.7 Å². The molecular formula is C15H16ClN3O2S2. The minimum Gasteiger partial charge on any atom is -0.358 e. The highest BCUT2D eigenvalue weighted by Gasteiger charge is 2.10. The minimum absolute atomic E-state index is 0.200. The average molecular weight is 370 g/mol. The molecule has 0 aliphatic heterocycles. The Morgan fingerprint density at radius 1 is 1.09 bits per heavy atom. The van der Waals surface area contributed by atoms with E-state index >= 15 is 0 Å². The van der Waals surface area contributed by atoms with Gasteiger partial charge >= 0.3 is 0 Å². The molecule has 0 aliphatic carbocycles. The summed E-state index contributed by atoms with van der Waals surface area (Å²) in [6.45, 7) is 0.565. The third kappa shape index (κ3) is 5.18. The summed E-state index contributed by atoms with van der Waals surface area (Å²) in [7, 11) is -2.06. The van der Waals surface area contributed by atoms with E-state index in [2.05, 4.69) is 15.4 Å². The van der Waals surface area contributed by atoms with Gasteiger partial charge < -0.3 is 10.6 Å². The van der Waals surface area contributed by atoms with Crippen molar-refractivity contribution >= 4 is 44.6 Å². The van der Waals surface area contributed by atoms with Crippen molar-refractivity contribution in [3.63, 3.8) is 0 Å². The van der Waals surface area contributed by atoms with Crippen LogP contribution in [0.4, 0.5) is 5.69 Å². The van der Waals surface area contributed by atoms with E-state index in [1.807, 2.05) is 24.3 Å². The van der Waals surface area contributed by atoms with Gasteiger partial charge in [-0.15, -0.1) is 0 Å². The van der Waals surface area contributed by atoms with Crippen LogP contribution in [0.1, 0.15) is 5.56 Å². The van der Waals surface area contributed by atoms with Gasteiger partial charge in [0.05, 0.1) is 4.90 Å². The Morgan fingerprint density at radius 3 is 2.26 bits per heavy atom. The van der Waals surface area contributed by atoms with E-state index < -0.39 is 10.0 Å². The number of anilines is 1. The van der Waals surface area contributed by atoms with Crippen LogP contribution >= 0.6 is 23.8 Å². The van der Waals surface area contributed by atoms with E-state index in [0.717, 1.165) is 5.56 Å². The Hall–Kier alpha value is -1.67. The van der Waals surface area contributed by atoms with E-state index in [-0.39, 0.29) is 4.90 Å². The second kappa shape index (κ2) is 7.74. The molecule has 23 heavy (non-hydrogen) atoms. The highest BCUT2D eigenvalue weighted by atomic mass is 35.5. The normalized spacial score (nSPS) is 11.0. The summed E-state index contributed by atoms with van der Waals surface area (Å²) < 4.78 is 25.5. The highest BCUT2D eigenvalue weighted by Crippen LogP contribution is 2.14.